The Morgan fingerprint density at radius 3 is 1.06 bits per heavy atom. The topological polar surface area (TPSA) is 225 Å². The van der Waals surface area contributed by atoms with Crippen molar-refractivity contribution in [3.63, 3.8) is 0 Å². The molecule has 10 aromatic rings. The first-order valence-electron chi connectivity index (χ1n) is 24.3. The minimum absolute atomic E-state index is 0.0432. The molecule has 0 radical (unpaired) electrons. The lowest BCUT2D eigenvalue weighted by Gasteiger charge is -2.13. The first-order chi connectivity index (χ1) is 38.1. The lowest BCUT2D eigenvalue weighted by Crippen LogP contribution is -2.13. The summed E-state index contributed by atoms with van der Waals surface area (Å²) in [6.07, 6.45) is 0. The van der Waals surface area contributed by atoms with Gasteiger partial charge in [-0.2, -0.15) is 0 Å². The van der Waals surface area contributed by atoms with Crippen molar-refractivity contribution < 1.29 is 38.9 Å². The van der Waals surface area contributed by atoms with Crippen LogP contribution in [0.15, 0.2) is 227 Å². The second-order valence-corrected chi connectivity index (χ2v) is 17.5. The third-order valence-corrected chi connectivity index (χ3v) is 12.6. The number of azo groups is 2. The summed E-state index contributed by atoms with van der Waals surface area (Å²) >= 11 is 0. The van der Waals surface area contributed by atoms with Crippen molar-refractivity contribution >= 4 is 90.7 Å². The molecule has 16 heteroatoms. The number of nitrogens with zero attached hydrogens (tertiary/aromatic N) is 4. The molecule has 382 valence electrons. The van der Waals surface area contributed by atoms with Crippen LogP contribution in [-0.4, -0.2) is 48.1 Å². The van der Waals surface area contributed by atoms with Gasteiger partial charge in [0.15, 0.2) is 23.0 Å². The molecule has 4 amide bonds. The fraction of sp³-hybridized carbons (Fsp3) is 0.0323. The minimum Gasteiger partial charge on any atom is -0.505 e. The van der Waals surface area contributed by atoms with E-state index in [0.717, 1.165) is 11.1 Å². The molecule has 0 aliphatic heterocycles. The Balaban J connectivity index is 0.831. The summed E-state index contributed by atoms with van der Waals surface area (Å²) in [5, 5.41) is 54.6. The Bertz CT molecular complexity index is 3720. The van der Waals surface area contributed by atoms with Crippen molar-refractivity contribution in [3.05, 3.63) is 229 Å². The summed E-state index contributed by atoms with van der Waals surface area (Å²) in [7, 11) is 2.84. The van der Waals surface area contributed by atoms with Crippen LogP contribution in [0.2, 0.25) is 0 Å². The van der Waals surface area contributed by atoms with E-state index < -0.39 is 35.1 Å². The normalized spacial score (nSPS) is 11.2. The van der Waals surface area contributed by atoms with Gasteiger partial charge in [-0.15, -0.1) is 20.5 Å². The van der Waals surface area contributed by atoms with Gasteiger partial charge in [-0.1, -0.05) is 121 Å². The van der Waals surface area contributed by atoms with Gasteiger partial charge in [0, 0.05) is 33.5 Å². The molecule has 10 aromatic carbocycles. The number of hydrogen-bond acceptors (Lipinski definition) is 12. The van der Waals surface area contributed by atoms with Crippen LogP contribution in [-0.2, 0) is 0 Å². The molecular weight excluding hydrogens is 985 g/mol. The van der Waals surface area contributed by atoms with Crippen molar-refractivity contribution in [1.82, 2.24) is 0 Å². The van der Waals surface area contributed by atoms with Crippen molar-refractivity contribution in [2.24, 2.45) is 20.5 Å². The van der Waals surface area contributed by atoms with Crippen molar-refractivity contribution in [2.75, 3.05) is 35.5 Å². The van der Waals surface area contributed by atoms with Gasteiger partial charge in [0.2, 0.25) is 0 Å². The zero-order valence-corrected chi connectivity index (χ0v) is 41.8. The standard InChI is InChI=1S/C62H46N8O8/c1-77-57-47(59(73)63-41-17-5-3-6-18-41)23-13-25-51(57)67-69-53-45-21-11-9-15-39(45)35-49(55(53)71)61(75)65-43-31-27-37(28-32-43)38-29-33-44(34-30-38)66-62(76)50-36-40-16-10-12-22-46(40)54(56(50)72)70-68-52-26-14-24-48(58(52)78-2)60(74)64-42-19-7-4-8-20-42/h3-36,71-72H,1-2H3,(H,63,73)(H,64,74)(H,65,75)(H,66,76). The van der Waals surface area contributed by atoms with Crippen LogP contribution in [0, 0.1) is 0 Å². The summed E-state index contributed by atoms with van der Waals surface area (Å²) in [5.41, 5.74) is 4.61. The lowest BCUT2D eigenvalue weighted by molar-refractivity contribution is 0.101. The number of ether oxygens (including phenoxy) is 2. The van der Waals surface area contributed by atoms with E-state index in [9.17, 15) is 29.4 Å². The number of aromatic hydroxyl groups is 2. The zero-order valence-electron chi connectivity index (χ0n) is 41.8. The molecule has 0 atom stereocenters. The first-order valence-corrected chi connectivity index (χ1v) is 24.3. The highest BCUT2D eigenvalue weighted by Crippen LogP contribution is 2.43. The SMILES string of the molecule is COc1c(N=Nc2c(O)c(C(=O)Nc3ccc(-c4ccc(NC(=O)c5cc6ccccc6c(N=Nc6cccc(C(=O)Nc7ccccc7)c6OC)c5O)cc4)cc3)cc3ccccc23)cccc1C(=O)Nc1ccccc1. The molecule has 0 heterocycles. The summed E-state index contributed by atoms with van der Waals surface area (Å²) in [5.74, 6) is -2.48. The van der Waals surface area contributed by atoms with E-state index in [2.05, 4.69) is 41.7 Å². The zero-order chi connectivity index (χ0) is 54.1. The van der Waals surface area contributed by atoms with Crippen LogP contribution in [0.4, 0.5) is 45.5 Å². The predicted molar refractivity (Wildman–Crippen MR) is 302 cm³/mol. The van der Waals surface area contributed by atoms with Crippen molar-refractivity contribution in [3.8, 4) is 34.1 Å². The molecule has 0 fully saturated rings. The van der Waals surface area contributed by atoms with Gasteiger partial charge in [-0.25, -0.2) is 0 Å². The average molecular weight is 1030 g/mol. The second-order valence-electron chi connectivity index (χ2n) is 17.5. The van der Waals surface area contributed by atoms with E-state index in [1.807, 2.05) is 60.7 Å². The van der Waals surface area contributed by atoms with Crippen LogP contribution >= 0.6 is 0 Å². The van der Waals surface area contributed by atoms with E-state index in [-0.39, 0.29) is 56.5 Å². The molecule has 0 saturated carbocycles. The summed E-state index contributed by atoms with van der Waals surface area (Å²) in [4.78, 5) is 54.3. The maximum absolute atomic E-state index is 13.9. The number of amides is 4. The molecule has 0 saturated heterocycles. The number of hydrogen-bond donors (Lipinski definition) is 6. The molecule has 0 aromatic heterocycles. The van der Waals surface area contributed by atoms with Gasteiger partial charge in [-0.05, 0) is 107 Å². The van der Waals surface area contributed by atoms with Crippen LogP contribution in [0.5, 0.6) is 23.0 Å². The fourth-order valence-electron chi connectivity index (χ4n) is 8.71. The monoisotopic (exact) mass is 1030 g/mol. The van der Waals surface area contributed by atoms with Gasteiger partial charge in [0.05, 0.1) is 36.5 Å². The number of phenols is 2. The Hall–Kier alpha value is -11.0. The maximum Gasteiger partial charge on any atom is 0.259 e. The van der Waals surface area contributed by atoms with Gasteiger partial charge >= 0.3 is 0 Å². The van der Waals surface area contributed by atoms with E-state index in [0.29, 0.717) is 44.3 Å². The van der Waals surface area contributed by atoms with Gasteiger partial charge in [-0.3, -0.25) is 19.2 Å². The molecule has 10 rings (SSSR count). The number of para-hydroxylation sites is 4. The number of methoxy groups -OCH3 is 2. The van der Waals surface area contributed by atoms with Crippen molar-refractivity contribution in [2.45, 2.75) is 0 Å². The summed E-state index contributed by atoms with van der Waals surface area (Å²) in [6, 6.07) is 59.3. The number of benzene rings is 10. The molecule has 78 heavy (non-hydrogen) atoms. The van der Waals surface area contributed by atoms with Crippen LogP contribution in [0.25, 0.3) is 32.7 Å². The Kier molecular flexibility index (Phi) is 14.7. The number of anilines is 4. The number of carbonyl (C=O) groups is 4. The Morgan fingerprint density at radius 2 is 0.692 bits per heavy atom. The quantitative estimate of drug-likeness (QED) is 0.0540. The van der Waals surface area contributed by atoms with Gasteiger partial charge in [0.1, 0.15) is 22.7 Å². The number of rotatable bonds is 15. The van der Waals surface area contributed by atoms with E-state index in [1.54, 1.807) is 146 Å². The van der Waals surface area contributed by atoms with E-state index in [4.69, 9.17) is 9.47 Å². The lowest BCUT2D eigenvalue weighted by atomic mass is 10.0. The van der Waals surface area contributed by atoms with Gasteiger partial charge < -0.3 is 41.0 Å². The van der Waals surface area contributed by atoms with E-state index >= 15 is 0 Å². The molecule has 6 N–H and O–H groups in total. The van der Waals surface area contributed by atoms with E-state index in [1.165, 1.54) is 14.2 Å². The minimum atomic E-state index is -0.594. The molecule has 0 aliphatic rings. The molecule has 0 bridgehead atoms. The fourth-order valence-corrected chi connectivity index (χ4v) is 8.71. The third kappa shape index (κ3) is 10.8. The molecule has 0 aliphatic carbocycles. The number of phenolic OH excluding ortho intramolecular Hbond substituents is 2. The largest absolute Gasteiger partial charge is 0.505 e. The van der Waals surface area contributed by atoms with Crippen LogP contribution < -0.4 is 30.7 Å². The third-order valence-electron chi connectivity index (χ3n) is 12.6. The second kappa shape index (κ2) is 22.6. The number of carbonyl (C=O) groups excluding carboxylic acids is 4. The van der Waals surface area contributed by atoms with Crippen molar-refractivity contribution in [1.29, 1.82) is 0 Å². The van der Waals surface area contributed by atoms with Crippen LogP contribution in [0.1, 0.15) is 41.4 Å². The summed E-state index contributed by atoms with van der Waals surface area (Å²) in [6.45, 7) is 0. The molecule has 0 spiro atoms. The maximum atomic E-state index is 13.9. The molecular formula is C62H46N8O8. The predicted octanol–water partition coefficient (Wildman–Crippen LogP) is 14.9. The number of nitrogens with one attached hydrogen (secondary N) is 4. The average Bonchev–Trinajstić information content (AvgIpc) is 3.47. The van der Waals surface area contributed by atoms with Gasteiger partial charge in [0.25, 0.3) is 23.6 Å². The Morgan fingerprint density at radius 1 is 0.359 bits per heavy atom. The number of fused-ring (bicyclic) bond motifs is 2. The molecule has 0 unspecified atom stereocenters. The first kappa shape index (κ1) is 50.5. The smallest absolute Gasteiger partial charge is 0.259 e. The molecule has 16 nitrogen and oxygen atoms in total. The Labute approximate surface area is 446 Å². The highest BCUT2D eigenvalue weighted by Gasteiger charge is 2.23. The highest BCUT2D eigenvalue weighted by atomic mass is 16.5. The summed E-state index contributed by atoms with van der Waals surface area (Å²) < 4.78 is 11.2. The van der Waals surface area contributed by atoms with Crippen LogP contribution in [0.3, 0.4) is 0 Å². The highest BCUT2D eigenvalue weighted by molar-refractivity contribution is 6.13.